The normalized spacial score (nSPS) is 18.9. The van der Waals surface area contributed by atoms with Crippen LogP contribution in [0.5, 0.6) is 23.0 Å². The predicted molar refractivity (Wildman–Crippen MR) is 112 cm³/mol. The van der Waals surface area contributed by atoms with Crippen molar-refractivity contribution >= 4 is 15.9 Å². The van der Waals surface area contributed by atoms with E-state index in [-0.39, 0.29) is 6.04 Å². The van der Waals surface area contributed by atoms with Crippen molar-refractivity contribution in [2.24, 2.45) is 0 Å². The Balaban J connectivity index is 1.59. The van der Waals surface area contributed by atoms with Crippen molar-refractivity contribution in [1.82, 2.24) is 4.90 Å². The average Bonchev–Trinajstić information content (AvgIpc) is 2.94. The zero-order valence-electron chi connectivity index (χ0n) is 16.6. The Bertz CT molecular complexity index is 870. The fraction of sp³-hybridized carbons (Fsp3) is 0.455. The van der Waals surface area contributed by atoms with Crippen molar-refractivity contribution in [2.75, 3.05) is 34.0 Å². The third kappa shape index (κ3) is 3.67. The molecule has 1 atom stereocenters. The Kier molecular flexibility index (Phi) is 5.69. The molecule has 6 heteroatoms. The zero-order chi connectivity index (χ0) is 19.7. The maximum Gasteiger partial charge on any atom is 0.162 e. The van der Waals surface area contributed by atoms with E-state index >= 15 is 0 Å². The van der Waals surface area contributed by atoms with E-state index in [1.54, 1.807) is 14.2 Å². The van der Waals surface area contributed by atoms with E-state index in [1.165, 1.54) is 16.7 Å². The van der Waals surface area contributed by atoms with Crippen molar-refractivity contribution in [1.29, 1.82) is 0 Å². The van der Waals surface area contributed by atoms with Gasteiger partial charge in [-0.1, -0.05) is 15.9 Å². The van der Waals surface area contributed by atoms with Crippen molar-refractivity contribution in [3.63, 3.8) is 0 Å². The molecule has 150 valence electrons. The van der Waals surface area contributed by atoms with Crippen molar-refractivity contribution < 1.29 is 18.9 Å². The van der Waals surface area contributed by atoms with Gasteiger partial charge in [-0.3, -0.25) is 4.90 Å². The average molecular weight is 448 g/mol. The molecule has 28 heavy (non-hydrogen) atoms. The molecule has 5 nitrogen and oxygen atoms in total. The van der Waals surface area contributed by atoms with Crippen LogP contribution in [0.4, 0.5) is 0 Å². The summed E-state index contributed by atoms with van der Waals surface area (Å²) in [6, 6.07) is 8.67. The van der Waals surface area contributed by atoms with Gasteiger partial charge in [0.25, 0.3) is 0 Å². The lowest BCUT2D eigenvalue weighted by Gasteiger charge is -2.36. The zero-order valence-corrected chi connectivity index (χ0v) is 18.2. The van der Waals surface area contributed by atoms with Crippen LogP contribution in [0.15, 0.2) is 28.7 Å². The smallest absolute Gasteiger partial charge is 0.162 e. The molecule has 2 aliphatic rings. The number of hydrogen-bond acceptors (Lipinski definition) is 5. The van der Waals surface area contributed by atoms with Crippen LogP contribution < -0.4 is 18.9 Å². The molecule has 0 aromatic heterocycles. The number of nitrogens with zero attached hydrogens (tertiary/aromatic N) is 1. The van der Waals surface area contributed by atoms with Gasteiger partial charge in [0, 0.05) is 30.0 Å². The first kappa shape index (κ1) is 19.4. The summed E-state index contributed by atoms with van der Waals surface area (Å²) in [5.74, 6) is 3.24. The molecule has 0 amide bonds. The Morgan fingerprint density at radius 1 is 1.04 bits per heavy atom. The van der Waals surface area contributed by atoms with Gasteiger partial charge in [0.15, 0.2) is 23.0 Å². The number of halogens is 1. The lowest BCUT2D eigenvalue weighted by molar-refractivity contribution is 0.188. The van der Waals surface area contributed by atoms with Gasteiger partial charge in [-0.15, -0.1) is 0 Å². The number of methoxy groups -OCH3 is 2. The lowest BCUT2D eigenvalue weighted by Crippen LogP contribution is -2.33. The second-order valence-electron chi connectivity index (χ2n) is 7.24. The summed E-state index contributed by atoms with van der Waals surface area (Å²) in [4.78, 5) is 2.48. The molecule has 2 aliphatic heterocycles. The van der Waals surface area contributed by atoms with E-state index in [0.29, 0.717) is 13.2 Å². The fourth-order valence-corrected chi connectivity index (χ4v) is 4.43. The van der Waals surface area contributed by atoms with Crippen molar-refractivity contribution in [2.45, 2.75) is 32.4 Å². The molecule has 0 aliphatic carbocycles. The minimum absolute atomic E-state index is 0.284. The summed E-state index contributed by atoms with van der Waals surface area (Å²) in [5, 5.41) is 0. The molecule has 2 aromatic rings. The standard InChI is InChI=1S/C22H26BrNO4/c1-14-17-11-20(26-3)19(25-2)9-15(17)5-6-24(14)13-16-10-21-22(12-18(16)23)28-8-4-7-27-21/h9-12,14H,4-8,13H2,1-3H3/t14-/m0/s1. The fourth-order valence-electron chi connectivity index (χ4n) is 3.98. The molecule has 0 fully saturated rings. The van der Waals surface area contributed by atoms with Crippen LogP contribution in [0, 0.1) is 0 Å². The first-order valence-corrected chi connectivity index (χ1v) is 10.5. The molecule has 0 unspecified atom stereocenters. The minimum Gasteiger partial charge on any atom is -0.493 e. The molecule has 0 spiro atoms. The van der Waals surface area contributed by atoms with Gasteiger partial charge in [0.2, 0.25) is 0 Å². The molecule has 0 saturated heterocycles. The van der Waals surface area contributed by atoms with Crippen LogP contribution in [0.25, 0.3) is 0 Å². The summed E-state index contributed by atoms with van der Waals surface area (Å²) < 4.78 is 23.7. The third-order valence-electron chi connectivity index (χ3n) is 5.60. The van der Waals surface area contributed by atoms with Gasteiger partial charge in [-0.05, 0) is 54.3 Å². The minimum atomic E-state index is 0.284. The highest BCUT2D eigenvalue weighted by Crippen LogP contribution is 2.40. The highest BCUT2D eigenvalue weighted by atomic mass is 79.9. The Morgan fingerprint density at radius 2 is 1.71 bits per heavy atom. The van der Waals surface area contributed by atoms with Crippen LogP contribution in [-0.2, 0) is 13.0 Å². The first-order valence-electron chi connectivity index (χ1n) is 9.67. The Labute approximate surface area is 174 Å². The second-order valence-corrected chi connectivity index (χ2v) is 8.10. The van der Waals surface area contributed by atoms with Crippen LogP contribution in [-0.4, -0.2) is 38.9 Å². The molecule has 0 N–H and O–H groups in total. The van der Waals surface area contributed by atoms with E-state index in [2.05, 4.69) is 46.0 Å². The van der Waals surface area contributed by atoms with Crippen molar-refractivity contribution in [3.05, 3.63) is 45.4 Å². The lowest BCUT2D eigenvalue weighted by atomic mass is 9.92. The van der Waals surface area contributed by atoms with E-state index in [4.69, 9.17) is 18.9 Å². The molecular formula is C22H26BrNO4. The second kappa shape index (κ2) is 8.21. The summed E-state index contributed by atoms with van der Waals surface area (Å²) in [6.07, 6.45) is 1.90. The maximum absolute atomic E-state index is 5.88. The van der Waals surface area contributed by atoms with Gasteiger partial charge in [-0.25, -0.2) is 0 Å². The number of benzene rings is 2. The predicted octanol–water partition coefficient (Wildman–Crippen LogP) is 4.75. The molecule has 2 heterocycles. The van der Waals surface area contributed by atoms with Crippen LogP contribution in [0.1, 0.15) is 36.1 Å². The largest absolute Gasteiger partial charge is 0.493 e. The van der Waals surface area contributed by atoms with Crippen LogP contribution >= 0.6 is 15.9 Å². The van der Waals surface area contributed by atoms with Crippen LogP contribution in [0.3, 0.4) is 0 Å². The number of hydrogen-bond donors (Lipinski definition) is 0. The topological polar surface area (TPSA) is 40.2 Å². The van der Waals surface area contributed by atoms with Crippen LogP contribution in [0.2, 0.25) is 0 Å². The Morgan fingerprint density at radius 3 is 2.43 bits per heavy atom. The van der Waals surface area contributed by atoms with Gasteiger partial charge in [0.05, 0.1) is 27.4 Å². The Hall–Kier alpha value is -1.92. The number of ether oxygens (including phenoxy) is 4. The first-order chi connectivity index (χ1) is 13.6. The summed E-state index contributed by atoms with van der Waals surface area (Å²) in [7, 11) is 3.37. The molecule has 0 bridgehead atoms. The van der Waals surface area contributed by atoms with E-state index in [1.807, 2.05) is 6.07 Å². The quantitative estimate of drug-likeness (QED) is 0.676. The third-order valence-corrected chi connectivity index (χ3v) is 6.34. The molecule has 0 saturated carbocycles. The summed E-state index contributed by atoms with van der Waals surface area (Å²) >= 11 is 3.72. The van der Waals surface area contributed by atoms with E-state index < -0.39 is 0 Å². The number of rotatable bonds is 4. The monoisotopic (exact) mass is 447 g/mol. The highest BCUT2D eigenvalue weighted by molar-refractivity contribution is 9.10. The summed E-state index contributed by atoms with van der Waals surface area (Å²) in [5.41, 5.74) is 3.84. The molecular weight excluding hydrogens is 422 g/mol. The molecule has 2 aromatic carbocycles. The van der Waals surface area contributed by atoms with Gasteiger partial charge in [-0.2, -0.15) is 0 Å². The van der Waals surface area contributed by atoms with E-state index in [0.717, 1.165) is 53.4 Å². The van der Waals surface area contributed by atoms with Gasteiger partial charge >= 0.3 is 0 Å². The summed E-state index contributed by atoms with van der Waals surface area (Å²) in [6.45, 7) is 5.48. The number of fused-ring (bicyclic) bond motifs is 2. The van der Waals surface area contributed by atoms with Gasteiger partial charge < -0.3 is 18.9 Å². The van der Waals surface area contributed by atoms with Crippen molar-refractivity contribution in [3.8, 4) is 23.0 Å². The van der Waals surface area contributed by atoms with E-state index in [9.17, 15) is 0 Å². The van der Waals surface area contributed by atoms with Gasteiger partial charge in [0.1, 0.15) is 0 Å². The highest BCUT2D eigenvalue weighted by Gasteiger charge is 2.27. The molecule has 4 rings (SSSR count). The maximum atomic E-state index is 5.88. The SMILES string of the molecule is COc1cc2c(cc1OC)[C@H](C)N(Cc1cc3c(cc1Br)OCCCO3)CC2. The molecule has 0 radical (unpaired) electrons.